The summed E-state index contributed by atoms with van der Waals surface area (Å²) in [5.41, 5.74) is 0.532. The minimum Gasteiger partial charge on any atom is -0.467 e. The molecule has 0 N–H and O–H groups in total. The molecule has 2 rings (SSSR count). The first-order valence-corrected chi connectivity index (χ1v) is 5.70. The highest BCUT2D eigenvalue weighted by Crippen LogP contribution is 2.20. The van der Waals surface area contributed by atoms with Gasteiger partial charge in [0, 0.05) is 5.56 Å². The third-order valence-electron chi connectivity index (χ3n) is 2.98. The van der Waals surface area contributed by atoms with E-state index in [0.717, 1.165) is 0 Å². The van der Waals surface area contributed by atoms with E-state index in [9.17, 15) is 9.59 Å². The molecule has 1 fully saturated rings. The van der Waals surface area contributed by atoms with E-state index in [0.29, 0.717) is 5.56 Å². The van der Waals surface area contributed by atoms with Gasteiger partial charge >= 0.3 is 5.97 Å². The van der Waals surface area contributed by atoms with Crippen LogP contribution in [0.25, 0.3) is 0 Å². The van der Waals surface area contributed by atoms with E-state index >= 15 is 0 Å². The fourth-order valence-electron chi connectivity index (χ4n) is 1.99. The maximum atomic E-state index is 12.3. The lowest BCUT2D eigenvalue weighted by molar-refractivity contribution is -0.145. The minimum atomic E-state index is -0.678. The Morgan fingerprint density at radius 1 is 1.33 bits per heavy atom. The quantitative estimate of drug-likeness (QED) is 0.735. The van der Waals surface area contributed by atoms with Crippen molar-refractivity contribution in [1.82, 2.24) is 4.90 Å². The number of methoxy groups -OCH3 is 1. The second kappa shape index (κ2) is 5.18. The molecule has 0 aliphatic carbocycles. The van der Waals surface area contributed by atoms with Gasteiger partial charge in [-0.2, -0.15) is 0 Å². The lowest BCUT2D eigenvalue weighted by Crippen LogP contribution is -2.45. The van der Waals surface area contributed by atoms with E-state index in [-0.39, 0.29) is 18.7 Å². The van der Waals surface area contributed by atoms with Crippen molar-refractivity contribution in [3.8, 4) is 0 Å². The van der Waals surface area contributed by atoms with Crippen molar-refractivity contribution in [3.05, 3.63) is 35.9 Å². The van der Waals surface area contributed by atoms with Crippen LogP contribution in [-0.2, 0) is 14.3 Å². The van der Waals surface area contributed by atoms with Gasteiger partial charge < -0.3 is 9.47 Å². The van der Waals surface area contributed by atoms with Gasteiger partial charge in [0.05, 0.1) is 13.2 Å². The summed E-state index contributed by atoms with van der Waals surface area (Å²) in [5.74, 6) is -0.681. The van der Waals surface area contributed by atoms with Crippen molar-refractivity contribution < 1.29 is 19.1 Å². The van der Waals surface area contributed by atoms with Gasteiger partial charge in [0.2, 0.25) is 0 Å². The van der Waals surface area contributed by atoms with Crippen LogP contribution in [0.3, 0.4) is 0 Å². The molecule has 0 spiro atoms. The maximum absolute atomic E-state index is 12.3. The highest BCUT2D eigenvalue weighted by molar-refractivity contribution is 5.97. The molecule has 18 heavy (non-hydrogen) atoms. The number of rotatable bonds is 2. The molecule has 1 aromatic carbocycles. The normalized spacial score (nSPS) is 22.9. The summed E-state index contributed by atoms with van der Waals surface area (Å²) in [7, 11) is 1.30. The zero-order chi connectivity index (χ0) is 13.1. The molecule has 2 atom stereocenters. The predicted molar refractivity (Wildman–Crippen MR) is 63.8 cm³/mol. The molecule has 5 nitrogen and oxygen atoms in total. The first-order valence-electron chi connectivity index (χ1n) is 5.70. The molecule has 1 aliphatic heterocycles. The topological polar surface area (TPSA) is 55.8 Å². The van der Waals surface area contributed by atoms with Crippen LogP contribution < -0.4 is 0 Å². The zero-order valence-electron chi connectivity index (χ0n) is 10.3. The largest absolute Gasteiger partial charge is 0.467 e. The summed E-state index contributed by atoms with van der Waals surface area (Å²) < 4.78 is 10.1. The number of hydrogen-bond donors (Lipinski definition) is 0. The minimum absolute atomic E-state index is 0.106. The molecule has 1 heterocycles. The third-order valence-corrected chi connectivity index (χ3v) is 2.98. The smallest absolute Gasteiger partial charge is 0.331 e. The Morgan fingerprint density at radius 2 is 2.00 bits per heavy atom. The number of benzene rings is 1. The Labute approximate surface area is 105 Å². The fraction of sp³-hybridized carbons (Fsp3) is 0.385. The highest BCUT2D eigenvalue weighted by Gasteiger charge is 2.41. The summed E-state index contributed by atoms with van der Waals surface area (Å²) in [5, 5.41) is 0. The maximum Gasteiger partial charge on any atom is 0.331 e. The van der Waals surface area contributed by atoms with Crippen LogP contribution in [0.1, 0.15) is 17.3 Å². The lowest BCUT2D eigenvalue weighted by Gasteiger charge is -2.22. The summed E-state index contributed by atoms with van der Waals surface area (Å²) >= 11 is 0. The molecule has 0 saturated carbocycles. The van der Waals surface area contributed by atoms with Crippen molar-refractivity contribution in [2.75, 3.05) is 13.8 Å². The van der Waals surface area contributed by atoms with E-state index in [1.54, 1.807) is 31.2 Å². The standard InChI is InChI=1S/C13H15NO4/c1-9-11(13(16)17-2)14(8-18-9)12(15)10-6-4-3-5-7-10/h3-7,9,11H,8H2,1-2H3/t9-,11+/m1/s1. The number of amides is 1. The lowest BCUT2D eigenvalue weighted by atomic mass is 10.1. The molecule has 1 aliphatic rings. The van der Waals surface area contributed by atoms with Crippen LogP contribution in [0, 0.1) is 0 Å². The van der Waals surface area contributed by atoms with Crippen molar-refractivity contribution in [2.24, 2.45) is 0 Å². The molecule has 1 amide bonds. The van der Waals surface area contributed by atoms with E-state index in [1.165, 1.54) is 12.0 Å². The van der Waals surface area contributed by atoms with Gasteiger partial charge in [0.25, 0.3) is 5.91 Å². The van der Waals surface area contributed by atoms with Gasteiger partial charge in [0.15, 0.2) is 6.04 Å². The van der Waals surface area contributed by atoms with Crippen molar-refractivity contribution in [2.45, 2.75) is 19.1 Å². The van der Waals surface area contributed by atoms with Crippen LogP contribution >= 0.6 is 0 Å². The fourth-order valence-corrected chi connectivity index (χ4v) is 1.99. The number of hydrogen-bond acceptors (Lipinski definition) is 4. The molecule has 96 valence electrons. The number of nitrogens with zero attached hydrogens (tertiary/aromatic N) is 1. The third kappa shape index (κ3) is 2.22. The molecule has 1 aromatic rings. The second-order valence-corrected chi connectivity index (χ2v) is 4.11. The molecule has 0 aromatic heterocycles. The molecule has 1 saturated heterocycles. The van der Waals surface area contributed by atoms with Crippen molar-refractivity contribution >= 4 is 11.9 Å². The van der Waals surface area contributed by atoms with Crippen LogP contribution in [0.2, 0.25) is 0 Å². The SMILES string of the molecule is COC(=O)[C@@H]1[C@@H](C)OCN1C(=O)c1ccccc1. The predicted octanol–water partition coefficient (Wildman–Crippen LogP) is 1.05. The Morgan fingerprint density at radius 3 is 2.61 bits per heavy atom. The second-order valence-electron chi connectivity index (χ2n) is 4.11. The molecule has 5 heteroatoms. The molecule has 0 bridgehead atoms. The molecule has 0 radical (unpaired) electrons. The first kappa shape index (κ1) is 12.6. The summed E-state index contributed by atoms with van der Waals surface area (Å²) in [6, 6.07) is 8.13. The van der Waals surface area contributed by atoms with Crippen molar-refractivity contribution in [3.63, 3.8) is 0 Å². The van der Waals surface area contributed by atoms with Gasteiger partial charge in [-0.15, -0.1) is 0 Å². The number of esters is 1. The Kier molecular flexibility index (Phi) is 3.62. The van der Waals surface area contributed by atoms with Gasteiger partial charge in [-0.05, 0) is 19.1 Å². The van der Waals surface area contributed by atoms with E-state index in [1.807, 2.05) is 6.07 Å². The van der Waals surface area contributed by atoms with Crippen LogP contribution in [-0.4, -0.2) is 42.8 Å². The summed E-state index contributed by atoms with van der Waals surface area (Å²) in [4.78, 5) is 25.3. The van der Waals surface area contributed by atoms with E-state index in [2.05, 4.69) is 0 Å². The van der Waals surface area contributed by atoms with E-state index < -0.39 is 12.0 Å². The monoisotopic (exact) mass is 249 g/mol. The van der Waals surface area contributed by atoms with Gasteiger partial charge in [0.1, 0.15) is 6.73 Å². The Balaban J connectivity index is 2.22. The van der Waals surface area contributed by atoms with Crippen LogP contribution in [0.15, 0.2) is 30.3 Å². The average molecular weight is 249 g/mol. The molecular weight excluding hydrogens is 234 g/mol. The average Bonchev–Trinajstić information content (AvgIpc) is 2.80. The summed E-state index contributed by atoms with van der Waals surface area (Å²) in [6.45, 7) is 1.86. The first-order chi connectivity index (χ1) is 8.65. The van der Waals surface area contributed by atoms with Gasteiger partial charge in [-0.25, -0.2) is 4.79 Å². The Bertz CT molecular complexity index is 446. The zero-order valence-corrected chi connectivity index (χ0v) is 10.3. The number of carbonyl (C=O) groups excluding carboxylic acids is 2. The van der Waals surface area contributed by atoms with Crippen LogP contribution in [0.5, 0.6) is 0 Å². The molecule has 0 unspecified atom stereocenters. The van der Waals surface area contributed by atoms with Crippen LogP contribution in [0.4, 0.5) is 0 Å². The number of ether oxygens (including phenoxy) is 2. The number of carbonyl (C=O) groups is 2. The highest BCUT2D eigenvalue weighted by atomic mass is 16.5. The Hall–Kier alpha value is -1.88. The summed E-state index contributed by atoms with van der Waals surface area (Å²) in [6.07, 6.45) is -0.356. The molecular formula is C13H15NO4. The van der Waals surface area contributed by atoms with Gasteiger partial charge in [-0.3, -0.25) is 9.69 Å². The van der Waals surface area contributed by atoms with E-state index in [4.69, 9.17) is 9.47 Å². The van der Waals surface area contributed by atoms with Crippen molar-refractivity contribution in [1.29, 1.82) is 0 Å². The van der Waals surface area contributed by atoms with Gasteiger partial charge in [-0.1, -0.05) is 18.2 Å².